The minimum absolute atomic E-state index is 0.906. The first-order valence-corrected chi connectivity index (χ1v) is 7.97. The summed E-state index contributed by atoms with van der Waals surface area (Å²) in [6, 6.07) is 12.4. The zero-order chi connectivity index (χ0) is 16.7. The Balaban J connectivity index is 0.000000924. The topological polar surface area (TPSA) is 30.2 Å². The minimum Gasteiger partial charge on any atom is -0.300 e. The van der Waals surface area contributed by atoms with Gasteiger partial charge in [-0.25, -0.2) is 4.98 Å². The molecule has 0 saturated carbocycles. The second kappa shape index (κ2) is 8.08. The average Bonchev–Trinajstić information content (AvgIpc) is 2.97. The Morgan fingerprint density at radius 3 is 2.57 bits per heavy atom. The van der Waals surface area contributed by atoms with E-state index in [1.54, 1.807) is 6.20 Å². The highest BCUT2D eigenvalue weighted by molar-refractivity contribution is 5.84. The van der Waals surface area contributed by atoms with E-state index in [2.05, 4.69) is 45.7 Å². The van der Waals surface area contributed by atoms with Gasteiger partial charge in [0, 0.05) is 24.0 Å². The van der Waals surface area contributed by atoms with E-state index < -0.39 is 0 Å². The maximum absolute atomic E-state index is 4.56. The molecule has 0 atom stereocenters. The standard InChI is InChI=1S/C18H17N3.C2H6/c1-3-9-19-13-17-14(2)8-10-21(17)18-11-15-6-4-5-7-16(15)12-20-18;1-2/h3-13H,1-2H3;1-2H3/b9-3-,19-13?;. The quantitative estimate of drug-likeness (QED) is 0.603. The molecule has 3 aromatic rings. The molecular weight excluding hydrogens is 282 g/mol. The molecule has 1 aromatic carbocycles. The van der Waals surface area contributed by atoms with Crippen molar-refractivity contribution < 1.29 is 0 Å². The smallest absolute Gasteiger partial charge is 0.137 e. The summed E-state index contributed by atoms with van der Waals surface area (Å²) in [6.45, 7) is 8.03. The maximum atomic E-state index is 4.56. The van der Waals surface area contributed by atoms with Crippen LogP contribution in [0.1, 0.15) is 32.0 Å². The highest BCUT2D eigenvalue weighted by Crippen LogP contribution is 2.18. The van der Waals surface area contributed by atoms with Crippen molar-refractivity contribution in [1.29, 1.82) is 0 Å². The summed E-state index contributed by atoms with van der Waals surface area (Å²) in [4.78, 5) is 8.85. The Hall–Kier alpha value is -2.68. The van der Waals surface area contributed by atoms with Gasteiger partial charge in [-0.3, -0.25) is 9.56 Å². The molecule has 118 valence electrons. The maximum Gasteiger partial charge on any atom is 0.137 e. The molecule has 2 aromatic heterocycles. The van der Waals surface area contributed by atoms with Gasteiger partial charge in [-0.2, -0.15) is 0 Å². The molecule has 3 nitrogen and oxygen atoms in total. The Kier molecular flexibility index (Phi) is 5.87. The fourth-order valence-electron chi connectivity index (χ4n) is 2.31. The van der Waals surface area contributed by atoms with Crippen LogP contribution in [0.2, 0.25) is 0 Å². The van der Waals surface area contributed by atoms with E-state index in [1.807, 2.05) is 57.6 Å². The summed E-state index contributed by atoms with van der Waals surface area (Å²) in [7, 11) is 0. The lowest BCUT2D eigenvalue weighted by molar-refractivity contribution is 1.00. The van der Waals surface area contributed by atoms with E-state index in [0.717, 1.165) is 16.9 Å². The first-order valence-electron chi connectivity index (χ1n) is 7.97. The van der Waals surface area contributed by atoms with Crippen molar-refractivity contribution in [2.24, 2.45) is 4.99 Å². The molecule has 0 unspecified atom stereocenters. The van der Waals surface area contributed by atoms with Crippen molar-refractivity contribution in [1.82, 2.24) is 9.55 Å². The summed E-state index contributed by atoms with van der Waals surface area (Å²) in [6.07, 6.45) is 9.50. The Labute approximate surface area is 138 Å². The van der Waals surface area contributed by atoms with Gasteiger partial charge in [0.1, 0.15) is 5.82 Å². The van der Waals surface area contributed by atoms with E-state index in [4.69, 9.17) is 0 Å². The van der Waals surface area contributed by atoms with Crippen molar-refractivity contribution in [2.75, 3.05) is 0 Å². The molecule has 0 saturated heterocycles. The second-order valence-electron chi connectivity index (χ2n) is 4.90. The van der Waals surface area contributed by atoms with E-state index in [0.29, 0.717) is 0 Å². The number of fused-ring (bicyclic) bond motifs is 1. The van der Waals surface area contributed by atoms with Crippen LogP contribution in [0.15, 0.2) is 66.1 Å². The number of nitrogens with zero attached hydrogens (tertiary/aromatic N) is 3. The molecule has 0 aliphatic heterocycles. The monoisotopic (exact) mass is 305 g/mol. The van der Waals surface area contributed by atoms with Gasteiger partial charge in [0.15, 0.2) is 0 Å². The van der Waals surface area contributed by atoms with Crippen LogP contribution in [-0.4, -0.2) is 15.8 Å². The van der Waals surface area contributed by atoms with Crippen LogP contribution in [0, 0.1) is 6.92 Å². The highest BCUT2D eigenvalue weighted by Gasteiger charge is 2.07. The summed E-state index contributed by atoms with van der Waals surface area (Å²) in [5, 5.41) is 2.33. The van der Waals surface area contributed by atoms with Gasteiger partial charge in [-0.1, -0.05) is 44.2 Å². The van der Waals surface area contributed by atoms with Gasteiger partial charge in [0.25, 0.3) is 0 Å². The predicted molar refractivity (Wildman–Crippen MR) is 99.6 cm³/mol. The number of hydrogen-bond donors (Lipinski definition) is 0. The molecule has 2 heterocycles. The number of aryl methyl sites for hydroxylation is 1. The van der Waals surface area contributed by atoms with E-state index >= 15 is 0 Å². The highest BCUT2D eigenvalue weighted by atomic mass is 15.1. The van der Waals surface area contributed by atoms with Crippen molar-refractivity contribution in [3.8, 4) is 5.82 Å². The predicted octanol–water partition coefficient (Wildman–Crippen LogP) is 5.31. The van der Waals surface area contributed by atoms with Crippen molar-refractivity contribution in [2.45, 2.75) is 27.7 Å². The SMILES string of the molecule is C/C=C\N=Cc1c(C)ccn1-c1cc2ccccc2cn1.CC. The normalized spacial score (nSPS) is 11.1. The summed E-state index contributed by atoms with van der Waals surface area (Å²) in [5.74, 6) is 0.906. The average molecular weight is 305 g/mol. The Morgan fingerprint density at radius 2 is 1.83 bits per heavy atom. The second-order valence-corrected chi connectivity index (χ2v) is 4.90. The fraction of sp³-hybridized carbons (Fsp3) is 0.200. The molecule has 0 aliphatic rings. The Morgan fingerprint density at radius 1 is 1.09 bits per heavy atom. The summed E-state index contributed by atoms with van der Waals surface area (Å²) < 4.78 is 2.06. The van der Waals surface area contributed by atoms with Crippen LogP contribution < -0.4 is 0 Å². The molecule has 0 fully saturated rings. The van der Waals surface area contributed by atoms with Gasteiger partial charge < -0.3 is 0 Å². The number of aliphatic imine (C=N–C) groups is 1. The van der Waals surface area contributed by atoms with Crippen LogP contribution in [0.4, 0.5) is 0 Å². The van der Waals surface area contributed by atoms with Gasteiger partial charge in [0.2, 0.25) is 0 Å². The third-order valence-corrected chi connectivity index (χ3v) is 3.43. The first-order chi connectivity index (χ1) is 11.3. The van der Waals surface area contributed by atoms with Crippen LogP contribution in [-0.2, 0) is 0 Å². The van der Waals surface area contributed by atoms with Crippen LogP contribution in [0.25, 0.3) is 16.6 Å². The van der Waals surface area contributed by atoms with Crippen LogP contribution >= 0.6 is 0 Å². The van der Waals surface area contributed by atoms with Gasteiger partial charge >= 0.3 is 0 Å². The molecule has 3 heteroatoms. The fourth-order valence-corrected chi connectivity index (χ4v) is 2.31. The van der Waals surface area contributed by atoms with Crippen molar-refractivity contribution >= 4 is 17.0 Å². The lowest BCUT2D eigenvalue weighted by atomic mass is 10.2. The molecule has 23 heavy (non-hydrogen) atoms. The third-order valence-electron chi connectivity index (χ3n) is 3.43. The van der Waals surface area contributed by atoms with Crippen LogP contribution in [0.5, 0.6) is 0 Å². The zero-order valence-corrected chi connectivity index (χ0v) is 14.2. The largest absolute Gasteiger partial charge is 0.300 e. The first kappa shape index (κ1) is 16.7. The number of pyridine rings is 1. The number of benzene rings is 1. The lowest BCUT2D eigenvalue weighted by Crippen LogP contribution is -2.01. The van der Waals surface area contributed by atoms with Crippen molar-refractivity contribution in [3.63, 3.8) is 0 Å². The van der Waals surface area contributed by atoms with Gasteiger partial charge in [-0.15, -0.1) is 0 Å². The molecule has 0 aliphatic carbocycles. The molecular formula is C20H23N3. The molecule has 0 bridgehead atoms. The summed E-state index contributed by atoms with van der Waals surface area (Å²) in [5.41, 5.74) is 2.23. The number of allylic oxidation sites excluding steroid dienone is 1. The lowest BCUT2D eigenvalue weighted by Gasteiger charge is -2.07. The molecule has 0 N–H and O–H groups in total. The molecule has 3 rings (SSSR count). The van der Waals surface area contributed by atoms with Gasteiger partial charge in [0.05, 0.1) is 11.9 Å². The van der Waals surface area contributed by atoms with E-state index in [9.17, 15) is 0 Å². The van der Waals surface area contributed by atoms with Crippen LogP contribution in [0.3, 0.4) is 0 Å². The Bertz CT molecular complexity index is 826. The summed E-state index contributed by atoms with van der Waals surface area (Å²) >= 11 is 0. The molecule has 0 radical (unpaired) electrons. The van der Waals surface area contributed by atoms with Crippen molar-refractivity contribution in [3.05, 3.63) is 72.3 Å². The zero-order valence-electron chi connectivity index (χ0n) is 14.2. The molecule has 0 spiro atoms. The number of rotatable bonds is 3. The van der Waals surface area contributed by atoms with Gasteiger partial charge in [-0.05, 0) is 36.9 Å². The van der Waals surface area contributed by atoms with E-state index in [-0.39, 0.29) is 0 Å². The molecule has 0 amide bonds. The van der Waals surface area contributed by atoms with E-state index in [1.165, 1.54) is 10.9 Å². The number of hydrogen-bond acceptors (Lipinski definition) is 2. The third kappa shape index (κ3) is 3.75. The number of aromatic nitrogens is 2. The minimum atomic E-state index is 0.906.